The van der Waals surface area contributed by atoms with E-state index in [1.807, 2.05) is 18.2 Å². The molecule has 2 N–H and O–H groups in total. The van der Waals surface area contributed by atoms with Crippen molar-refractivity contribution in [2.75, 3.05) is 26.5 Å². The molecule has 4 aromatic rings. The molecule has 0 aliphatic carbocycles. The Balaban J connectivity index is 1.63. The molecule has 4 rings (SSSR count). The van der Waals surface area contributed by atoms with Crippen LogP contribution in [0.15, 0.2) is 65.6 Å². The SMILES string of the molecule is COc1ccc(C(=O)Nc2ccc3nc(-c4ccccc4Cl)[nH]c3c2)cc1S(=O)(=O)N(C)C. The number of fused-ring (bicyclic) bond motifs is 1. The Labute approximate surface area is 196 Å². The molecule has 0 aliphatic rings. The maximum absolute atomic E-state index is 12.9. The quantitative estimate of drug-likeness (QED) is 0.422. The lowest BCUT2D eigenvalue weighted by Gasteiger charge is -2.15. The molecule has 3 aromatic carbocycles. The molecular weight excluding hydrogens is 464 g/mol. The van der Waals surface area contributed by atoms with Gasteiger partial charge >= 0.3 is 0 Å². The monoisotopic (exact) mass is 484 g/mol. The number of hydrogen-bond acceptors (Lipinski definition) is 5. The molecule has 0 radical (unpaired) electrons. The second-order valence-corrected chi connectivity index (χ2v) is 9.93. The van der Waals surface area contributed by atoms with Crippen molar-refractivity contribution in [3.63, 3.8) is 0 Å². The highest BCUT2D eigenvalue weighted by atomic mass is 35.5. The van der Waals surface area contributed by atoms with Crippen molar-refractivity contribution in [3.05, 3.63) is 71.2 Å². The number of carbonyl (C=O) groups is 1. The van der Waals surface area contributed by atoms with Crippen molar-refractivity contribution >= 4 is 44.3 Å². The number of amides is 1. The third-order valence-corrected chi connectivity index (χ3v) is 7.22. The minimum absolute atomic E-state index is 0.0870. The highest BCUT2D eigenvalue weighted by molar-refractivity contribution is 7.89. The normalized spacial score (nSPS) is 11.7. The number of halogens is 1. The first-order valence-electron chi connectivity index (χ1n) is 9.87. The summed E-state index contributed by atoms with van der Waals surface area (Å²) in [6.45, 7) is 0. The molecule has 33 heavy (non-hydrogen) atoms. The number of carbonyl (C=O) groups excluding carboxylic acids is 1. The van der Waals surface area contributed by atoms with Crippen molar-refractivity contribution in [3.8, 4) is 17.1 Å². The predicted octanol–water partition coefficient (Wildman–Crippen LogP) is 4.39. The van der Waals surface area contributed by atoms with Gasteiger partial charge in [0.1, 0.15) is 16.5 Å². The Morgan fingerprint density at radius 1 is 1.09 bits per heavy atom. The Bertz CT molecular complexity index is 1460. The van der Waals surface area contributed by atoms with Gasteiger partial charge in [-0.3, -0.25) is 4.79 Å². The number of nitrogens with zero attached hydrogens (tertiary/aromatic N) is 2. The molecular formula is C23H21ClN4O4S. The summed E-state index contributed by atoms with van der Waals surface area (Å²) in [6.07, 6.45) is 0. The van der Waals surface area contributed by atoms with Crippen molar-refractivity contribution in [1.29, 1.82) is 0 Å². The number of imidazole rings is 1. The molecule has 0 fully saturated rings. The van der Waals surface area contributed by atoms with E-state index in [0.717, 1.165) is 9.87 Å². The van der Waals surface area contributed by atoms with Crippen LogP contribution in [0.1, 0.15) is 10.4 Å². The lowest BCUT2D eigenvalue weighted by Crippen LogP contribution is -2.23. The molecule has 0 bridgehead atoms. The van der Waals surface area contributed by atoms with Crippen molar-refractivity contribution < 1.29 is 17.9 Å². The molecule has 8 nitrogen and oxygen atoms in total. The van der Waals surface area contributed by atoms with E-state index in [4.69, 9.17) is 16.3 Å². The summed E-state index contributed by atoms with van der Waals surface area (Å²) in [6, 6.07) is 16.9. The number of benzene rings is 3. The van der Waals surface area contributed by atoms with Gasteiger partial charge in [0.05, 0.1) is 23.2 Å². The van der Waals surface area contributed by atoms with Gasteiger partial charge in [0.25, 0.3) is 5.91 Å². The fourth-order valence-corrected chi connectivity index (χ4v) is 4.59. The van der Waals surface area contributed by atoms with Crippen molar-refractivity contribution in [2.45, 2.75) is 4.90 Å². The van der Waals surface area contributed by atoms with Crippen LogP contribution in [-0.2, 0) is 10.0 Å². The molecule has 0 atom stereocenters. The van der Waals surface area contributed by atoms with Gasteiger partial charge in [0.2, 0.25) is 10.0 Å². The number of anilines is 1. The third-order valence-electron chi connectivity index (χ3n) is 5.05. The van der Waals surface area contributed by atoms with Crippen LogP contribution < -0.4 is 10.1 Å². The van der Waals surface area contributed by atoms with Gasteiger partial charge < -0.3 is 15.0 Å². The fraction of sp³-hybridized carbons (Fsp3) is 0.130. The van der Waals surface area contributed by atoms with Crippen LogP contribution in [0.3, 0.4) is 0 Å². The van der Waals surface area contributed by atoms with Crippen LogP contribution >= 0.6 is 11.6 Å². The molecule has 1 heterocycles. The summed E-state index contributed by atoms with van der Waals surface area (Å²) in [5.41, 5.74) is 2.90. The molecule has 0 aliphatic heterocycles. The first-order valence-corrected chi connectivity index (χ1v) is 11.7. The number of nitrogens with one attached hydrogen (secondary N) is 2. The molecule has 0 unspecified atom stereocenters. The average Bonchev–Trinajstić information content (AvgIpc) is 3.21. The zero-order chi connectivity index (χ0) is 23.8. The number of rotatable bonds is 6. The van der Waals surface area contributed by atoms with Crippen LogP contribution in [0.4, 0.5) is 5.69 Å². The number of sulfonamides is 1. The number of methoxy groups -OCH3 is 1. The smallest absolute Gasteiger partial charge is 0.255 e. The summed E-state index contributed by atoms with van der Waals surface area (Å²) in [5.74, 6) is 0.317. The molecule has 0 spiro atoms. The van der Waals surface area contributed by atoms with E-state index in [-0.39, 0.29) is 16.2 Å². The largest absolute Gasteiger partial charge is 0.495 e. The Morgan fingerprint density at radius 3 is 2.55 bits per heavy atom. The number of aromatic amines is 1. The minimum atomic E-state index is -3.80. The number of H-pyrrole nitrogens is 1. The summed E-state index contributed by atoms with van der Waals surface area (Å²) >= 11 is 6.27. The second-order valence-electron chi connectivity index (χ2n) is 7.40. The zero-order valence-corrected chi connectivity index (χ0v) is 19.7. The van der Waals surface area contributed by atoms with E-state index in [9.17, 15) is 13.2 Å². The Kier molecular flexibility index (Phi) is 6.11. The van der Waals surface area contributed by atoms with Gasteiger partial charge in [-0.05, 0) is 48.5 Å². The maximum atomic E-state index is 12.9. The zero-order valence-electron chi connectivity index (χ0n) is 18.1. The van der Waals surface area contributed by atoms with E-state index < -0.39 is 15.9 Å². The predicted molar refractivity (Wildman–Crippen MR) is 128 cm³/mol. The fourth-order valence-electron chi connectivity index (χ4n) is 3.29. The summed E-state index contributed by atoms with van der Waals surface area (Å²) in [4.78, 5) is 20.6. The number of ether oxygens (including phenoxy) is 1. The summed E-state index contributed by atoms with van der Waals surface area (Å²) < 4.78 is 31.5. The van der Waals surface area contributed by atoms with Gasteiger partial charge in [-0.15, -0.1) is 0 Å². The maximum Gasteiger partial charge on any atom is 0.255 e. The highest BCUT2D eigenvalue weighted by Gasteiger charge is 2.24. The van der Waals surface area contributed by atoms with E-state index >= 15 is 0 Å². The standard InChI is InChI=1S/C23H21ClN4O4S/c1-28(2)33(30,31)21-12-14(8-11-20(21)32-3)23(29)25-15-9-10-18-19(13-15)27-22(26-18)16-6-4-5-7-17(16)24/h4-13H,1-3H3,(H,25,29)(H,26,27). The molecule has 1 aromatic heterocycles. The van der Waals surface area contributed by atoms with Crippen LogP contribution in [-0.4, -0.2) is 49.8 Å². The second kappa shape index (κ2) is 8.86. The Hall–Kier alpha value is -3.40. The van der Waals surface area contributed by atoms with Crippen molar-refractivity contribution in [2.24, 2.45) is 0 Å². The highest BCUT2D eigenvalue weighted by Crippen LogP contribution is 2.29. The molecule has 1 amide bonds. The topological polar surface area (TPSA) is 104 Å². The Morgan fingerprint density at radius 2 is 1.85 bits per heavy atom. The molecule has 10 heteroatoms. The van der Waals surface area contributed by atoms with Gasteiger partial charge in [-0.1, -0.05) is 23.7 Å². The summed E-state index contributed by atoms with van der Waals surface area (Å²) in [7, 11) is 0.404. The lowest BCUT2D eigenvalue weighted by atomic mass is 10.2. The van der Waals surface area contributed by atoms with E-state index in [2.05, 4.69) is 15.3 Å². The van der Waals surface area contributed by atoms with E-state index in [0.29, 0.717) is 27.6 Å². The van der Waals surface area contributed by atoms with Gasteiger partial charge in [0.15, 0.2) is 0 Å². The van der Waals surface area contributed by atoms with Crippen LogP contribution in [0, 0.1) is 0 Å². The first kappa shape index (κ1) is 22.8. The van der Waals surface area contributed by atoms with E-state index in [1.165, 1.54) is 39.4 Å². The number of hydrogen-bond donors (Lipinski definition) is 2. The van der Waals surface area contributed by atoms with Crippen LogP contribution in [0.2, 0.25) is 5.02 Å². The third kappa shape index (κ3) is 4.43. The van der Waals surface area contributed by atoms with Crippen LogP contribution in [0.5, 0.6) is 5.75 Å². The van der Waals surface area contributed by atoms with Gasteiger partial charge in [-0.2, -0.15) is 0 Å². The minimum Gasteiger partial charge on any atom is -0.495 e. The summed E-state index contributed by atoms with van der Waals surface area (Å²) in [5, 5.41) is 3.37. The van der Waals surface area contributed by atoms with Crippen LogP contribution in [0.25, 0.3) is 22.4 Å². The molecule has 0 saturated heterocycles. The lowest BCUT2D eigenvalue weighted by molar-refractivity contribution is 0.102. The van der Waals surface area contributed by atoms with E-state index in [1.54, 1.807) is 24.3 Å². The average molecular weight is 485 g/mol. The van der Waals surface area contributed by atoms with Gasteiger partial charge in [0, 0.05) is 30.9 Å². The first-order chi connectivity index (χ1) is 15.7. The molecule has 170 valence electrons. The number of aromatic nitrogens is 2. The van der Waals surface area contributed by atoms with Gasteiger partial charge in [-0.25, -0.2) is 17.7 Å². The molecule has 0 saturated carbocycles. The van der Waals surface area contributed by atoms with Crippen molar-refractivity contribution in [1.82, 2.24) is 14.3 Å².